The first-order valence-corrected chi connectivity index (χ1v) is 11.0. The number of imidazole rings is 1. The highest BCUT2D eigenvalue weighted by Crippen LogP contribution is 2.41. The monoisotopic (exact) mass is 436 g/mol. The summed E-state index contributed by atoms with van der Waals surface area (Å²) in [7, 11) is 0. The molecular weight excluding hydrogens is 415 g/mol. The number of hydrogen-bond acceptors (Lipinski definition) is 7. The van der Waals surface area contributed by atoms with E-state index >= 15 is 0 Å². The zero-order chi connectivity index (χ0) is 21.6. The van der Waals surface area contributed by atoms with Crippen LogP contribution in [-0.4, -0.2) is 41.9 Å². The van der Waals surface area contributed by atoms with Crippen LogP contribution in [0, 0.1) is 5.82 Å². The van der Waals surface area contributed by atoms with Gasteiger partial charge in [-0.3, -0.25) is 9.55 Å². The number of aromatic nitrogens is 5. The van der Waals surface area contributed by atoms with Crippen LogP contribution in [0.4, 0.5) is 10.2 Å². The molecule has 0 bridgehead atoms. The van der Waals surface area contributed by atoms with Crippen molar-refractivity contribution < 1.29 is 9.50 Å². The smallest absolute Gasteiger partial charge is 0.171 e. The van der Waals surface area contributed by atoms with Crippen molar-refractivity contribution >= 4 is 28.7 Å². The lowest BCUT2D eigenvalue weighted by atomic mass is 10.1. The van der Waals surface area contributed by atoms with Gasteiger partial charge >= 0.3 is 0 Å². The molecule has 1 aliphatic rings. The summed E-state index contributed by atoms with van der Waals surface area (Å²) >= 11 is 1.70. The number of fused-ring (bicyclic) bond motifs is 3. The molecule has 2 N–H and O–H groups in total. The fourth-order valence-electron chi connectivity index (χ4n) is 3.66. The number of anilines is 1. The van der Waals surface area contributed by atoms with Crippen LogP contribution in [0.3, 0.4) is 0 Å². The fourth-order valence-corrected chi connectivity index (χ4v) is 4.89. The average Bonchev–Trinajstić information content (AvgIpc) is 3.27. The number of hydrogen-bond donors (Lipinski definition) is 2. The minimum atomic E-state index is -0.433. The van der Waals surface area contributed by atoms with Crippen molar-refractivity contribution in [2.75, 3.05) is 17.6 Å². The van der Waals surface area contributed by atoms with E-state index in [0.717, 1.165) is 34.7 Å². The minimum absolute atomic E-state index is 0.135. The summed E-state index contributed by atoms with van der Waals surface area (Å²) in [4.78, 5) is 18.2. The molecule has 4 aromatic rings. The first-order valence-electron chi connectivity index (χ1n) is 9.97. The van der Waals surface area contributed by atoms with E-state index in [2.05, 4.69) is 33.7 Å². The highest BCUT2D eigenvalue weighted by atomic mass is 32.2. The van der Waals surface area contributed by atoms with Crippen LogP contribution in [0.1, 0.15) is 19.4 Å². The number of thioether (sulfide) groups is 1. The molecular formula is C22H21FN6OS. The molecule has 1 aliphatic heterocycles. The summed E-state index contributed by atoms with van der Waals surface area (Å²) in [5.74, 6) is 1.74. The lowest BCUT2D eigenvalue weighted by molar-refractivity contribution is 0.404. The molecule has 0 amide bonds. The Hall–Kier alpha value is -3.20. The third-order valence-corrected chi connectivity index (χ3v) is 6.62. The highest BCUT2D eigenvalue weighted by Gasteiger charge is 2.35. The maximum absolute atomic E-state index is 13.8. The van der Waals surface area contributed by atoms with Gasteiger partial charge in [-0.2, -0.15) is 0 Å². The highest BCUT2D eigenvalue weighted by molar-refractivity contribution is 7.99. The van der Waals surface area contributed by atoms with Gasteiger partial charge in [0.1, 0.15) is 11.6 Å². The van der Waals surface area contributed by atoms with E-state index in [1.54, 1.807) is 30.1 Å². The van der Waals surface area contributed by atoms with Gasteiger partial charge in [-0.15, -0.1) is 0 Å². The van der Waals surface area contributed by atoms with E-state index in [1.165, 1.54) is 6.07 Å². The van der Waals surface area contributed by atoms with Crippen molar-refractivity contribution in [3.05, 3.63) is 54.1 Å². The zero-order valence-corrected chi connectivity index (χ0v) is 17.9. The van der Waals surface area contributed by atoms with E-state index in [9.17, 15) is 9.50 Å². The van der Waals surface area contributed by atoms with Crippen molar-refractivity contribution in [1.82, 2.24) is 24.5 Å². The second kappa shape index (κ2) is 7.49. The minimum Gasteiger partial charge on any atom is -0.508 e. The number of benzene rings is 1. The number of pyridine rings is 1. The van der Waals surface area contributed by atoms with Gasteiger partial charge in [0, 0.05) is 24.1 Å². The topological polar surface area (TPSA) is 88.8 Å². The Kier molecular flexibility index (Phi) is 4.77. The standard InChI is InChI=1S/C22H21FN6OS/c1-22(2)12-31-21-26-17-19(25-8-7-13-3-5-16(30)6-4-13)27-18(28-20(17)29(21)22)14-9-15(23)11-24-10-14/h3-6,9-11,30H,7-8,12H2,1-2H3,(H,25,27,28). The molecule has 3 aromatic heterocycles. The van der Waals surface area contributed by atoms with Crippen LogP contribution in [0.15, 0.2) is 47.9 Å². The lowest BCUT2D eigenvalue weighted by Crippen LogP contribution is -2.24. The Labute approximate surface area is 182 Å². The van der Waals surface area contributed by atoms with E-state index in [4.69, 9.17) is 9.97 Å². The number of phenolic OH excluding ortho intramolecular Hbond substituents is 1. The van der Waals surface area contributed by atoms with Crippen LogP contribution >= 0.6 is 11.8 Å². The Morgan fingerprint density at radius 1 is 1.16 bits per heavy atom. The summed E-state index contributed by atoms with van der Waals surface area (Å²) < 4.78 is 15.9. The Bertz CT molecular complexity index is 1270. The zero-order valence-electron chi connectivity index (χ0n) is 17.1. The molecule has 0 spiro atoms. The number of nitrogens with one attached hydrogen (secondary N) is 1. The molecule has 0 saturated heterocycles. The molecule has 1 aromatic carbocycles. The molecule has 158 valence electrons. The molecule has 9 heteroatoms. The van der Waals surface area contributed by atoms with E-state index in [-0.39, 0.29) is 11.3 Å². The van der Waals surface area contributed by atoms with Crippen molar-refractivity contribution in [2.24, 2.45) is 0 Å². The summed E-state index contributed by atoms with van der Waals surface area (Å²) in [6.45, 7) is 4.93. The molecule has 0 aliphatic carbocycles. The van der Waals surface area contributed by atoms with Gasteiger partial charge < -0.3 is 10.4 Å². The van der Waals surface area contributed by atoms with Crippen molar-refractivity contribution in [2.45, 2.75) is 31.0 Å². The van der Waals surface area contributed by atoms with Crippen LogP contribution in [0.2, 0.25) is 0 Å². The molecule has 0 saturated carbocycles. The largest absolute Gasteiger partial charge is 0.508 e. The molecule has 4 heterocycles. The Morgan fingerprint density at radius 3 is 2.74 bits per heavy atom. The van der Waals surface area contributed by atoms with Crippen molar-refractivity contribution in [3.8, 4) is 17.1 Å². The van der Waals surface area contributed by atoms with Crippen LogP contribution in [0.25, 0.3) is 22.6 Å². The Balaban J connectivity index is 1.55. The first-order chi connectivity index (χ1) is 14.9. The fraction of sp³-hybridized carbons (Fsp3) is 0.273. The van der Waals surface area contributed by atoms with Gasteiger partial charge in [0.05, 0.1) is 11.7 Å². The molecule has 0 fully saturated rings. The van der Waals surface area contributed by atoms with Crippen LogP contribution < -0.4 is 5.32 Å². The maximum Gasteiger partial charge on any atom is 0.171 e. The predicted octanol–water partition coefficient (Wildman–Crippen LogP) is 4.23. The van der Waals surface area contributed by atoms with Crippen molar-refractivity contribution in [1.29, 1.82) is 0 Å². The quantitative estimate of drug-likeness (QED) is 0.484. The average molecular weight is 437 g/mol. The summed E-state index contributed by atoms with van der Waals surface area (Å²) in [5.41, 5.74) is 2.90. The normalized spacial score (nSPS) is 14.7. The summed E-state index contributed by atoms with van der Waals surface area (Å²) in [6, 6.07) is 8.51. The third kappa shape index (κ3) is 3.69. The van der Waals surface area contributed by atoms with Crippen molar-refractivity contribution in [3.63, 3.8) is 0 Å². The first kappa shape index (κ1) is 19.7. The molecule has 7 nitrogen and oxygen atoms in total. The Morgan fingerprint density at radius 2 is 1.97 bits per heavy atom. The van der Waals surface area contributed by atoms with Gasteiger partial charge in [-0.25, -0.2) is 19.3 Å². The van der Waals surface area contributed by atoms with Gasteiger partial charge in [-0.05, 0) is 44.0 Å². The van der Waals surface area contributed by atoms with Gasteiger partial charge in [0.2, 0.25) is 0 Å². The van der Waals surface area contributed by atoms with E-state index in [0.29, 0.717) is 29.3 Å². The molecule has 0 radical (unpaired) electrons. The summed E-state index contributed by atoms with van der Waals surface area (Å²) in [5, 5.41) is 13.7. The molecule has 31 heavy (non-hydrogen) atoms. The van der Waals surface area contributed by atoms with Crippen LogP contribution in [-0.2, 0) is 12.0 Å². The number of rotatable bonds is 5. The molecule has 5 rings (SSSR count). The summed E-state index contributed by atoms with van der Waals surface area (Å²) in [6.07, 6.45) is 3.47. The third-order valence-electron chi connectivity index (χ3n) is 5.24. The number of nitrogens with zero attached hydrogens (tertiary/aromatic N) is 5. The number of halogens is 1. The van der Waals surface area contributed by atoms with Gasteiger partial charge in [-0.1, -0.05) is 23.9 Å². The lowest BCUT2D eigenvalue weighted by Gasteiger charge is -2.20. The van der Waals surface area contributed by atoms with Gasteiger partial charge in [0.15, 0.2) is 28.0 Å². The molecule has 0 unspecified atom stereocenters. The molecule has 0 atom stereocenters. The van der Waals surface area contributed by atoms with Crippen LogP contribution in [0.5, 0.6) is 5.75 Å². The maximum atomic E-state index is 13.8. The number of phenols is 1. The second-order valence-corrected chi connectivity index (χ2v) is 9.08. The predicted molar refractivity (Wildman–Crippen MR) is 119 cm³/mol. The van der Waals surface area contributed by atoms with E-state index in [1.807, 2.05) is 12.1 Å². The van der Waals surface area contributed by atoms with E-state index < -0.39 is 5.82 Å². The number of aromatic hydroxyl groups is 1. The van der Waals surface area contributed by atoms with Gasteiger partial charge in [0.25, 0.3) is 0 Å². The second-order valence-electron chi connectivity index (χ2n) is 8.13. The SMILES string of the molecule is CC1(C)CSc2nc3c(NCCc4ccc(O)cc4)nc(-c4cncc(F)c4)nc3n21.